The summed E-state index contributed by atoms with van der Waals surface area (Å²) in [5, 5.41) is 11.2. The SMILES string of the molecule is Cc1nc(C)c(-c2nnc(NC(=O)[C@@H]3CC(=O)N(c4ccc(F)cc4)C3)o2)s1. The van der Waals surface area contributed by atoms with Gasteiger partial charge in [-0.1, -0.05) is 5.10 Å². The molecule has 1 N–H and O–H groups in total. The fraction of sp³-hybridized carbons (Fsp3) is 0.278. The number of carbonyl (C=O) groups is 2. The molecule has 2 amide bonds. The lowest BCUT2D eigenvalue weighted by molar-refractivity contribution is -0.122. The first-order chi connectivity index (χ1) is 13.4. The van der Waals surface area contributed by atoms with Gasteiger partial charge in [-0.05, 0) is 38.1 Å². The summed E-state index contributed by atoms with van der Waals surface area (Å²) in [6.07, 6.45) is 0.0529. The first kappa shape index (κ1) is 18.2. The van der Waals surface area contributed by atoms with Crippen molar-refractivity contribution in [1.29, 1.82) is 0 Å². The third kappa shape index (κ3) is 3.50. The maximum atomic E-state index is 13.1. The Bertz CT molecular complexity index is 1050. The molecule has 1 atom stereocenters. The summed E-state index contributed by atoms with van der Waals surface area (Å²) in [6.45, 7) is 3.92. The number of aryl methyl sites for hydroxylation is 2. The van der Waals surface area contributed by atoms with Crippen LogP contribution >= 0.6 is 11.3 Å². The van der Waals surface area contributed by atoms with Crippen LogP contribution in [0.1, 0.15) is 17.1 Å². The standard InChI is InChI=1S/C18H16FN5O3S/c1-9-15(28-10(2)20-9)17-22-23-18(27-17)21-16(26)11-7-14(25)24(8-11)13-5-3-12(19)4-6-13/h3-6,11H,7-8H2,1-2H3,(H,21,23,26)/t11-/m1/s1. The quantitative estimate of drug-likeness (QED) is 0.721. The zero-order valence-corrected chi connectivity index (χ0v) is 15.9. The molecule has 10 heteroatoms. The number of carbonyl (C=O) groups excluding carboxylic acids is 2. The summed E-state index contributed by atoms with van der Waals surface area (Å²) in [4.78, 5) is 31.3. The van der Waals surface area contributed by atoms with Crippen molar-refractivity contribution in [2.75, 3.05) is 16.8 Å². The Morgan fingerprint density at radius 3 is 2.71 bits per heavy atom. The minimum atomic E-state index is -0.569. The minimum absolute atomic E-state index is 0.0295. The molecule has 0 spiro atoms. The van der Waals surface area contributed by atoms with Crippen molar-refractivity contribution < 1.29 is 18.4 Å². The number of nitrogens with one attached hydrogen (secondary N) is 1. The fourth-order valence-electron chi connectivity index (χ4n) is 3.06. The number of halogens is 1. The van der Waals surface area contributed by atoms with Crippen molar-refractivity contribution in [2.45, 2.75) is 20.3 Å². The molecule has 0 unspecified atom stereocenters. The normalized spacial score (nSPS) is 16.6. The molecule has 3 heterocycles. The van der Waals surface area contributed by atoms with Crippen LogP contribution in [0.3, 0.4) is 0 Å². The van der Waals surface area contributed by atoms with Crippen LogP contribution in [-0.4, -0.2) is 33.5 Å². The zero-order valence-electron chi connectivity index (χ0n) is 15.1. The second kappa shape index (κ2) is 7.12. The van der Waals surface area contributed by atoms with Gasteiger partial charge in [0.15, 0.2) is 0 Å². The summed E-state index contributed by atoms with van der Waals surface area (Å²) in [5.74, 6) is -1.25. The van der Waals surface area contributed by atoms with Gasteiger partial charge < -0.3 is 9.32 Å². The third-order valence-electron chi connectivity index (χ3n) is 4.39. The highest BCUT2D eigenvalue weighted by molar-refractivity contribution is 7.15. The van der Waals surface area contributed by atoms with E-state index in [4.69, 9.17) is 4.42 Å². The summed E-state index contributed by atoms with van der Waals surface area (Å²) in [6, 6.07) is 5.55. The van der Waals surface area contributed by atoms with Gasteiger partial charge in [0, 0.05) is 18.7 Å². The van der Waals surface area contributed by atoms with E-state index in [2.05, 4.69) is 20.5 Å². The molecule has 0 bridgehead atoms. The van der Waals surface area contributed by atoms with E-state index in [1.807, 2.05) is 13.8 Å². The summed E-state index contributed by atoms with van der Waals surface area (Å²) >= 11 is 1.43. The van der Waals surface area contributed by atoms with E-state index in [0.29, 0.717) is 5.69 Å². The van der Waals surface area contributed by atoms with Crippen molar-refractivity contribution in [2.24, 2.45) is 5.92 Å². The Hall–Kier alpha value is -3.14. The molecular weight excluding hydrogens is 385 g/mol. The molecule has 2 aromatic heterocycles. The number of rotatable bonds is 4. The average Bonchev–Trinajstić information content (AvgIpc) is 3.35. The largest absolute Gasteiger partial charge is 0.402 e. The van der Waals surface area contributed by atoms with Crippen molar-refractivity contribution in [3.63, 3.8) is 0 Å². The fourth-order valence-corrected chi connectivity index (χ4v) is 3.90. The second-order valence-electron chi connectivity index (χ2n) is 6.43. The van der Waals surface area contributed by atoms with Crippen LogP contribution < -0.4 is 10.2 Å². The van der Waals surface area contributed by atoms with Crippen LogP contribution in [0, 0.1) is 25.6 Å². The van der Waals surface area contributed by atoms with Crippen molar-refractivity contribution >= 4 is 34.9 Å². The second-order valence-corrected chi connectivity index (χ2v) is 7.63. The highest BCUT2D eigenvalue weighted by Gasteiger charge is 2.35. The predicted octanol–water partition coefficient (Wildman–Crippen LogP) is 2.94. The van der Waals surface area contributed by atoms with Gasteiger partial charge in [0.05, 0.1) is 16.6 Å². The molecule has 1 aliphatic heterocycles. The Morgan fingerprint density at radius 1 is 1.29 bits per heavy atom. The van der Waals surface area contributed by atoms with Crippen LogP contribution in [0.15, 0.2) is 28.7 Å². The van der Waals surface area contributed by atoms with Crippen LogP contribution in [0.5, 0.6) is 0 Å². The van der Waals surface area contributed by atoms with E-state index in [9.17, 15) is 14.0 Å². The van der Waals surface area contributed by atoms with Gasteiger partial charge in [0.25, 0.3) is 5.89 Å². The lowest BCUT2D eigenvalue weighted by atomic mass is 10.1. The molecular formula is C18H16FN5O3S. The number of hydrogen-bond donors (Lipinski definition) is 1. The highest BCUT2D eigenvalue weighted by Crippen LogP contribution is 2.30. The number of thiazole rings is 1. The molecule has 28 heavy (non-hydrogen) atoms. The number of hydrogen-bond acceptors (Lipinski definition) is 7. The summed E-state index contributed by atoms with van der Waals surface area (Å²) in [7, 11) is 0. The summed E-state index contributed by atoms with van der Waals surface area (Å²) in [5.41, 5.74) is 1.33. The van der Waals surface area contributed by atoms with E-state index >= 15 is 0 Å². The van der Waals surface area contributed by atoms with Gasteiger partial charge in [0.2, 0.25) is 11.8 Å². The molecule has 0 radical (unpaired) electrons. The topological polar surface area (TPSA) is 101 Å². The minimum Gasteiger partial charge on any atom is -0.402 e. The molecule has 0 saturated carbocycles. The number of aromatic nitrogens is 3. The van der Waals surface area contributed by atoms with Crippen LogP contribution in [0.25, 0.3) is 10.8 Å². The van der Waals surface area contributed by atoms with Gasteiger partial charge in [-0.15, -0.1) is 16.4 Å². The van der Waals surface area contributed by atoms with Gasteiger partial charge in [-0.3, -0.25) is 14.9 Å². The van der Waals surface area contributed by atoms with E-state index in [0.717, 1.165) is 15.6 Å². The van der Waals surface area contributed by atoms with Crippen LogP contribution in [0.2, 0.25) is 0 Å². The smallest absolute Gasteiger partial charge is 0.322 e. The van der Waals surface area contributed by atoms with Crippen molar-refractivity contribution in [3.8, 4) is 10.8 Å². The molecule has 4 rings (SSSR count). The van der Waals surface area contributed by atoms with Crippen LogP contribution in [-0.2, 0) is 9.59 Å². The molecule has 1 fully saturated rings. The molecule has 1 aliphatic rings. The zero-order chi connectivity index (χ0) is 19.8. The Morgan fingerprint density at radius 2 is 2.04 bits per heavy atom. The molecule has 144 valence electrons. The Balaban J connectivity index is 1.44. The molecule has 8 nitrogen and oxygen atoms in total. The molecule has 3 aromatic rings. The van der Waals surface area contributed by atoms with Gasteiger partial charge >= 0.3 is 6.01 Å². The maximum Gasteiger partial charge on any atom is 0.322 e. The van der Waals surface area contributed by atoms with Gasteiger partial charge in [-0.25, -0.2) is 9.37 Å². The molecule has 0 aliphatic carbocycles. The van der Waals surface area contributed by atoms with E-state index < -0.39 is 5.92 Å². The summed E-state index contributed by atoms with van der Waals surface area (Å²) < 4.78 is 18.6. The molecule has 1 aromatic carbocycles. The first-order valence-electron chi connectivity index (χ1n) is 8.55. The maximum absolute atomic E-state index is 13.1. The third-order valence-corrected chi connectivity index (χ3v) is 5.45. The number of benzene rings is 1. The Kier molecular flexibility index (Phi) is 4.63. The van der Waals surface area contributed by atoms with Crippen molar-refractivity contribution in [3.05, 3.63) is 40.8 Å². The lowest BCUT2D eigenvalue weighted by Gasteiger charge is -2.16. The van der Waals surface area contributed by atoms with E-state index in [-0.39, 0.29) is 42.5 Å². The monoisotopic (exact) mass is 401 g/mol. The van der Waals surface area contributed by atoms with Gasteiger partial charge in [0.1, 0.15) is 10.7 Å². The van der Waals surface area contributed by atoms with E-state index in [1.54, 1.807) is 0 Å². The molecule has 1 saturated heterocycles. The highest BCUT2D eigenvalue weighted by atomic mass is 32.1. The number of anilines is 2. The average molecular weight is 401 g/mol. The van der Waals surface area contributed by atoms with Crippen molar-refractivity contribution in [1.82, 2.24) is 15.2 Å². The number of amides is 2. The lowest BCUT2D eigenvalue weighted by Crippen LogP contribution is -2.28. The Labute approximate surface area is 163 Å². The van der Waals surface area contributed by atoms with Gasteiger partial charge in [-0.2, -0.15) is 0 Å². The first-order valence-corrected chi connectivity index (χ1v) is 9.37. The van der Waals surface area contributed by atoms with E-state index in [1.165, 1.54) is 40.5 Å². The predicted molar refractivity (Wildman–Crippen MR) is 100 cm³/mol. The van der Waals surface area contributed by atoms with Crippen LogP contribution in [0.4, 0.5) is 16.1 Å². The number of nitrogens with zero attached hydrogens (tertiary/aromatic N) is 4.